The topological polar surface area (TPSA) is 49.8 Å². The van der Waals surface area contributed by atoms with Crippen molar-refractivity contribution in [2.24, 2.45) is 5.92 Å². The number of aliphatic hydroxyl groups excluding tert-OH is 1. The minimum atomic E-state index is -0.308. The zero-order valence-electron chi connectivity index (χ0n) is 11.5. The highest BCUT2D eigenvalue weighted by molar-refractivity contribution is 5.69. The summed E-state index contributed by atoms with van der Waals surface area (Å²) in [5.41, 5.74) is 1.14. The van der Waals surface area contributed by atoms with Gasteiger partial charge in [-0.3, -0.25) is 9.69 Å². The molecule has 4 heteroatoms. The van der Waals surface area contributed by atoms with Crippen molar-refractivity contribution >= 4 is 5.97 Å². The van der Waals surface area contributed by atoms with E-state index in [2.05, 4.69) is 4.90 Å². The quantitative estimate of drug-likeness (QED) is 0.628. The molecule has 1 aromatic carbocycles. The van der Waals surface area contributed by atoms with E-state index in [0.717, 1.165) is 24.9 Å². The SMILES string of the molecule is CC(=O)Oc1ccc(CN(C)CC(O)C2CC2)cc1. The first-order valence-electron chi connectivity index (χ1n) is 6.68. The first kappa shape index (κ1) is 14.0. The average molecular weight is 263 g/mol. The van der Waals surface area contributed by atoms with Crippen LogP contribution >= 0.6 is 0 Å². The Morgan fingerprint density at radius 3 is 2.58 bits per heavy atom. The molecule has 1 aliphatic rings. The summed E-state index contributed by atoms with van der Waals surface area (Å²) in [6.45, 7) is 2.88. The maximum Gasteiger partial charge on any atom is 0.308 e. The molecule has 0 aromatic heterocycles. The third-order valence-corrected chi connectivity index (χ3v) is 3.30. The molecule has 4 nitrogen and oxygen atoms in total. The van der Waals surface area contributed by atoms with Gasteiger partial charge in [0.15, 0.2) is 0 Å². The van der Waals surface area contributed by atoms with Crippen LogP contribution in [0, 0.1) is 5.92 Å². The zero-order chi connectivity index (χ0) is 13.8. The van der Waals surface area contributed by atoms with Crippen molar-refractivity contribution in [1.29, 1.82) is 0 Å². The number of ether oxygens (including phenoxy) is 1. The number of hydrogen-bond donors (Lipinski definition) is 1. The highest BCUT2D eigenvalue weighted by atomic mass is 16.5. The second-order valence-electron chi connectivity index (χ2n) is 5.34. The molecule has 0 heterocycles. The van der Waals surface area contributed by atoms with E-state index >= 15 is 0 Å². The molecule has 0 radical (unpaired) electrons. The lowest BCUT2D eigenvalue weighted by Gasteiger charge is -2.20. The van der Waals surface area contributed by atoms with E-state index in [9.17, 15) is 9.90 Å². The molecule has 1 aromatic rings. The number of carbonyl (C=O) groups is 1. The molecule has 0 spiro atoms. The first-order chi connectivity index (χ1) is 9.04. The van der Waals surface area contributed by atoms with Gasteiger partial charge in [0.1, 0.15) is 5.75 Å². The van der Waals surface area contributed by atoms with Crippen molar-refractivity contribution < 1.29 is 14.6 Å². The Morgan fingerprint density at radius 1 is 1.42 bits per heavy atom. The third kappa shape index (κ3) is 4.65. The highest BCUT2D eigenvalue weighted by Gasteiger charge is 2.30. The molecule has 1 fully saturated rings. The van der Waals surface area contributed by atoms with Crippen LogP contribution in [0.2, 0.25) is 0 Å². The normalized spacial score (nSPS) is 16.4. The minimum absolute atomic E-state index is 0.203. The van der Waals surface area contributed by atoms with Crippen molar-refractivity contribution in [2.45, 2.75) is 32.4 Å². The lowest BCUT2D eigenvalue weighted by atomic mass is 10.2. The van der Waals surface area contributed by atoms with Gasteiger partial charge < -0.3 is 9.84 Å². The van der Waals surface area contributed by atoms with Crippen LogP contribution in [0.4, 0.5) is 0 Å². The number of nitrogens with zero attached hydrogens (tertiary/aromatic N) is 1. The van der Waals surface area contributed by atoms with Crippen molar-refractivity contribution in [1.82, 2.24) is 4.90 Å². The van der Waals surface area contributed by atoms with Crippen LogP contribution in [-0.2, 0) is 11.3 Å². The Labute approximate surface area is 114 Å². The summed E-state index contributed by atoms with van der Waals surface area (Å²) < 4.78 is 4.99. The molecule has 19 heavy (non-hydrogen) atoms. The van der Waals surface area contributed by atoms with Gasteiger partial charge in [-0.15, -0.1) is 0 Å². The molecule has 0 amide bonds. The number of rotatable bonds is 6. The molecule has 1 aliphatic carbocycles. The molecule has 104 valence electrons. The van der Waals surface area contributed by atoms with Gasteiger partial charge in [-0.05, 0) is 43.5 Å². The molecule has 1 unspecified atom stereocenters. The lowest BCUT2D eigenvalue weighted by Crippen LogP contribution is -2.30. The van der Waals surface area contributed by atoms with Gasteiger partial charge in [0.25, 0.3) is 0 Å². The molecule has 1 atom stereocenters. The van der Waals surface area contributed by atoms with Crippen LogP contribution in [-0.4, -0.2) is 35.7 Å². The van der Waals surface area contributed by atoms with Crippen molar-refractivity contribution in [3.05, 3.63) is 29.8 Å². The number of hydrogen-bond acceptors (Lipinski definition) is 4. The zero-order valence-corrected chi connectivity index (χ0v) is 11.5. The predicted octanol–water partition coefficient (Wildman–Crippen LogP) is 1.81. The Bertz CT molecular complexity index is 426. The summed E-state index contributed by atoms with van der Waals surface area (Å²) in [5, 5.41) is 9.88. The van der Waals surface area contributed by atoms with Gasteiger partial charge in [-0.1, -0.05) is 12.1 Å². The summed E-state index contributed by atoms with van der Waals surface area (Å²) in [4.78, 5) is 12.9. The summed E-state index contributed by atoms with van der Waals surface area (Å²) in [6, 6.07) is 7.47. The maximum atomic E-state index is 10.8. The van der Waals surface area contributed by atoms with Crippen molar-refractivity contribution in [3.63, 3.8) is 0 Å². The van der Waals surface area contributed by atoms with Gasteiger partial charge in [-0.25, -0.2) is 0 Å². The molecular formula is C15H21NO3. The van der Waals surface area contributed by atoms with E-state index in [1.165, 1.54) is 6.92 Å². The number of carbonyl (C=O) groups excluding carboxylic acids is 1. The average Bonchev–Trinajstić information content (AvgIpc) is 3.14. The van der Waals surface area contributed by atoms with Crippen LogP contribution in [0.25, 0.3) is 0 Å². The second kappa shape index (κ2) is 6.17. The van der Waals surface area contributed by atoms with E-state index in [1.807, 2.05) is 19.2 Å². The fraction of sp³-hybridized carbons (Fsp3) is 0.533. The summed E-state index contributed by atoms with van der Waals surface area (Å²) in [7, 11) is 2.01. The lowest BCUT2D eigenvalue weighted by molar-refractivity contribution is -0.131. The first-order valence-corrected chi connectivity index (χ1v) is 6.68. The maximum absolute atomic E-state index is 10.8. The standard InChI is InChI=1S/C15H21NO3/c1-11(17)19-14-7-3-12(4-8-14)9-16(2)10-15(18)13-5-6-13/h3-4,7-8,13,15,18H,5-6,9-10H2,1-2H3. The second-order valence-corrected chi connectivity index (χ2v) is 5.34. The fourth-order valence-corrected chi connectivity index (χ4v) is 2.15. The van der Waals surface area contributed by atoms with E-state index < -0.39 is 0 Å². The molecule has 2 rings (SSSR count). The van der Waals surface area contributed by atoms with Crippen molar-refractivity contribution in [2.75, 3.05) is 13.6 Å². The van der Waals surface area contributed by atoms with E-state index in [0.29, 0.717) is 18.2 Å². The molecule has 0 bridgehead atoms. The number of aliphatic hydroxyl groups is 1. The Hall–Kier alpha value is -1.39. The molecule has 1 saturated carbocycles. The van der Waals surface area contributed by atoms with E-state index in [4.69, 9.17) is 4.74 Å². The number of benzene rings is 1. The van der Waals surface area contributed by atoms with Crippen molar-refractivity contribution in [3.8, 4) is 5.75 Å². The minimum Gasteiger partial charge on any atom is -0.427 e. The Balaban J connectivity index is 1.82. The van der Waals surface area contributed by atoms with Crippen LogP contribution in [0.3, 0.4) is 0 Å². The predicted molar refractivity (Wildman–Crippen MR) is 72.8 cm³/mol. The monoisotopic (exact) mass is 263 g/mol. The van der Waals surface area contributed by atoms with Crippen LogP contribution in [0.5, 0.6) is 5.75 Å². The smallest absolute Gasteiger partial charge is 0.308 e. The van der Waals surface area contributed by atoms with E-state index in [1.54, 1.807) is 12.1 Å². The van der Waals surface area contributed by atoms with Crippen LogP contribution in [0.15, 0.2) is 24.3 Å². The Morgan fingerprint density at radius 2 is 2.05 bits per heavy atom. The van der Waals surface area contributed by atoms with Crippen LogP contribution < -0.4 is 4.74 Å². The van der Waals surface area contributed by atoms with Gasteiger partial charge in [0.05, 0.1) is 6.10 Å². The molecule has 0 saturated heterocycles. The molecule has 0 aliphatic heterocycles. The summed E-state index contributed by atoms with van der Waals surface area (Å²) >= 11 is 0. The number of likely N-dealkylation sites (N-methyl/N-ethyl adjacent to an activating group) is 1. The number of esters is 1. The van der Waals surface area contributed by atoms with E-state index in [-0.39, 0.29) is 12.1 Å². The summed E-state index contributed by atoms with van der Waals surface area (Å²) in [6.07, 6.45) is 2.11. The highest BCUT2D eigenvalue weighted by Crippen LogP contribution is 2.32. The van der Waals surface area contributed by atoms with Gasteiger partial charge >= 0.3 is 5.97 Å². The van der Waals surface area contributed by atoms with Gasteiger partial charge in [-0.2, -0.15) is 0 Å². The molecular weight excluding hydrogens is 242 g/mol. The molecule has 1 N–H and O–H groups in total. The fourth-order valence-electron chi connectivity index (χ4n) is 2.15. The third-order valence-electron chi connectivity index (χ3n) is 3.30. The van der Waals surface area contributed by atoms with Crippen LogP contribution in [0.1, 0.15) is 25.3 Å². The largest absolute Gasteiger partial charge is 0.427 e. The summed E-state index contributed by atoms with van der Waals surface area (Å²) in [5.74, 6) is 0.767. The Kier molecular flexibility index (Phi) is 4.56. The van der Waals surface area contributed by atoms with Gasteiger partial charge in [0, 0.05) is 20.0 Å². The van der Waals surface area contributed by atoms with Gasteiger partial charge in [0.2, 0.25) is 0 Å².